The lowest BCUT2D eigenvalue weighted by Crippen LogP contribution is -2.21. The molecule has 30 heavy (non-hydrogen) atoms. The van der Waals surface area contributed by atoms with Crippen LogP contribution >= 0.6 is 0 Å². The van der Waals surface area contributed by atoms with Crippen molar-refractivity contribution >= 4 is 21.6 Å². The lowest BCUT2D eigenvalue weighted by molar-refractivity contribution is 0.224. The summed E-state index contributed by atoms with van der Waals surface area (Å²) in [4.78, 5) is 13.1. The molecule has 0 saturated carbocycles. The number of amides is 2. The molecule has 1 aliphatic heterocycles. The quantitative estimate of drug-likeness (QED) is 0.777. The highest BCUT2D eigenvalue weighted by Gasteiger charge is 2.30. The van der Waals surface area contributed by atoms with Crippen molar-refractivity contribution in [3.63, 3.8) is 0 Å². The van der Waals surface area contributed by atoms with E-state index in [0.29, 0.717) is 24.9 Å². The highest BCUT2D eigenvalue weighted by molar-refractivity contribution is 7.91. The molecule has 1 unspecified atom stereocenters. The number of nitrogens with one attached hydrogen (secondary N) is 1. The molecule has 8 nitrogen and oxygen atoms in total. The Labute approximate surface area is 176 Å². The molecule has 0 spiro atoms. The van der Waals surface area contributed by atoms with Gasteiger partial charge in [-0.2, -0.15) is 5.10 Å². The van der Waals surface area contributed by atoms with Gasteiger partial charge in [0, 0.05) is 18.7 Å². The molecule has 9 heteroatoms. The van der Waals surface area contributed by atoms with Crippen LogP contribution in [0.5, 0.6) is 5.88 Å². The second-order valence-electron chi connectivity index (χ2n) is 8.29. The van der Waals surface area contributed by atoms with Crippen molar-refractivity contribution in [2.45, 2.75) is 69.2 Å². The Hall–Kier alpha value is -2.39. The average Bonchev–Trinajstić information content (AvgIpc) is 3.44. The molecule has 2 aliphatic carbocycles. The van der Waals surface area contributed by atoms with E-state index in [2.05, 4.69) is 27.8 Å². The third kappa shape index (κ3) is 3.20. The lowest BCUT2D eigenvalue weighted by Gasteiger charge is -2.19. The normalized spacial score (nSPS) is 21.2. The summed E-state index contributed by atoms with van der Waals surface area (Å²) in [5.41, 5.74) is 5.95. The number of aromatic nitrogens is 2. The van der Waals surface area contributed by atoms with E-state index in [0.717, 1.165) is 50.6 Å². The summed E-state index contributed by atoms with van der Waals surface area (Å²) < 4.78 is 24.2. The van der Waals surface area contributed by atoms with Gasteiger partial charge in [-0.3, -0.25) is 0 Å². The third-order valence-corrected chi connectivity index (χ3v) is 7.81. The molecule has 2 heterocycles. The van der Waals surface area contributed by atoms with Gasteiger partial charge in [-0.15, -0.1) is 4.36 Å². The molecule has 5 rings (SSSR count). The predicted molar refractivity (Wildman–Crippen MR) is 114 cm³/mol. The summed E-state index contributed by atoms with van der Waals surface area (Å²) in [6, 6.07) is 1.64. The molecular formula is C21H27N5O3S. The van der Waals surface area contributed by atoms with Crippen molar-refractivity contribution in [3.8, 4) is 5.88 Å². The summed E-state index contributed by atoms with van der Waals surface area (Å²) in [7, 11) is -3.47. The van der Waals surface area contributed by atoms with Crippen LogP contribution in [0.2, 0.25) is 0 Å². The fourth-order valence-electron chi connectivity index (χ4n) is 5.07. The number of anilines is 1. The molecule has 3 aliphatic rings. The Balaban J connectivity index is 1.51. The average molecular weight is 430 g/mol. The van der Waals surface area contributed by atoms with Crippen LogP contribution in [0.4, 0.5) is 10.5 Å². The first-order chi connectivity index (χ1) is 14.5. The molecule has 0 saturated heterocycles. The Morgan fingerprint density at radius 1 is 1.37 bits per heavy atom. The summed E-state index contributed by atoms with van der Waals surface area (Å²) in [5, 5.41) is 13.2. The van der Waals surface area contributed by atoms with Gasteiger partial charge < -0.3 is 10.1 Å². The van der Waals surface area contributed by atoms with E-state index in [-0.39, 0.29) is 4.90 Å². The zero-order valence-electron chi connectivity index (χ0n) is 17.1. The molecule has 1 aromatic heterocycles. The first kappa shape index (κ1) is 19.6. The van der Waals surface area contributed by atoms with Crippen LogP contribution in [0.15, 0.2) is 21.5 Å². The van der Waals surface area contributed by atoms with Gasteiger partial charge in [0.25, 0.3) is 0 Å². The second kappa shape index (κ2) is 7.39. The Morgan fingerprint density at radius 3 is 3.07 bits per heavy atom. The van der Waals surface area contributed by atoms with Gasteiger partial charge in [-0.05, 0) is 66.7 Å². The number of carbonyl (C=O) groups is 1. The molecule has 0 radical (unpaired) electrons. The van der Waals surface area contributed by atoms with Gasteiger partial charge in [0.2, 0.25) is 5.88 Å². The first-order valence-electron chi connectivity index (χ1n) is 10.7. The molecule has 160 valence electrons. The van der Waals surface area contributed by atoms with Crippen LogP contribution in [0.1, 0.15) is 60.8 Å². The van der Waals surface area contributed by atoms with E-state index in [4.69, 9.17) is 9.88 Å². The number of hydrogen-bond donors (Lipinski definition) is 2. The van der Waals surface area contributed by atoms with Crippen LogP contribution < -0.4 is 15.2 Å². The molecule has 2 amide bonds. The summed E-state index contributed by atoms with van der Waals surface area (Å²) in [6.45, 7) is 3.34. The molecular weight excluding hydrogens is 402 g/mol. The van der Waals surface area contributed by atoms with Crippen molar-refractivity contribution in [3.05, 3.63) is 34.5 Å². The maximum absolute atomic E-state index is 13.1. The minimum absolute atomic E-state index is 0.173. The van der Waals surface area contributed by atoms with Crippen molar-refractivity contribution in [2.24, 2.45) is 9.50 Å². The molecule has 3 N–H and O–H groups in total. The maximum atomic E-state index is 13.1. The van der Waals surface area contributed by atoms with E-state index < -0.39 is 15.9 Å². The largest absolute Gasteiger partial charge is 0.477 e. The second-order valence-corrected chi connectivity index (χ2v) is 10.0. The number of benzene rings is 1. The van der Waals surface area contributed by atoms with Crippen LogP contribution in [-0.4, -0.2) is 26.6 Å². The topological polar surface area (TPSA) is 112 Å². The number of rotatable bonds is 3. The van der Waals surface area contributed by atoms with E-state index in [1.165, 1.54) is 28.5 Å². The molecule has 2 atom stereocenters. The van der Waals surface area contributed by atoms with Gasteiger partial charge in [0.1, 0.15) is 4.90 Å². The van der Waals surface area contributed by atoms with Gasteiger partial charge in [0.15, 0.2) is 9.92 Å². The molecule has 1 aromatic carbocycles. The number of fused-ring (bicyclic) bond motifs is 3. The summed E-state index contributed by atoms with van der Waals surface area (Å²) >= 11 is 0. The van der Waals surface area contributed by atoms with Gasteiger partial charge >= 0.3 is 6.03 Å². The van der Waals surface area contributed by atoms with Crippen molar-refractivity contribution in [2.75, 3.05) is 11.9 Å². The fraction of sp³-hybridized carbons (Fsp3) is 0.524. The van der Waals surface area contributed by atoms with Gasteiger partial charge in [-0.1, -0.05) is 13.0 Å². The Morgan fingerprint density at radius 2 is 2.23 bits per heavy atom. The monoisotopic (exact) mass is 429 g/mol. The number of hydrogen-bond acceptors (Lipinski definition) is 4. The molecule has 2 aromatic rings. The molecule has 0 bridgehead atoms. The third-order valence-electron chi connectivity index (χ3n) is 6.47. The number of nitrogens with two attached hydrogens (primary N) is 1. The number of urea groups is 1. The van der Waals surface area contributed by atoms with E-state index >= 15 is 0 Å². The minimum Gasteiger partial charge on any atom is -0.477 e. The summed E-state index contributed by atoms with van der Waals surface area (Å²) in [5.74, 6) is 0.775. The number of aryl methyl sites for hydroxylation is 3. The zero-order chi connectivity index (χ0) is 20.9. The van der Waals surface area contributed by atoms with Crippen LogP contribution in [0.3, 0.4) is 0 Å². The number of ether oxygens (including phenoxy) is 1. The van der Waals surface area contributed by atoms with Crippen LogP contribution in [-0.2, 0) is 35.7 Å². The van der Waals surface area contributed by atoms with Crippen molar-refractivity contribution < 1.29 is 13.7 Å². The van der Waals surface area contributed by atoms with E-state index in [1.54, 1.807) is 4.68 Å². The van der Waals surface area contributed by atoms with Crippen LogP contribution in [0.25, 0.3) is 0 Å². The fourth-order valence-corrected chi connectivity index (χ4v) is 6.07. The SMILES string of the molecule is CC[C@H]1CCc2cc3c(c(NC(=O)N=S(N)(=O)c4cnn5c4OCCC5)c21)CCC3. The van der Waals surface area contributed by atoms with Crippen molar-refractivity contribution in [1.29, 1.82) is 0 Å². The standard InChI is InChI=1S/C21H27N5O3S/c1-2-13-7-8-15-11-14-5-3-6-16(14)19(18(13)15)24-21(27)25-30(22,28)17-12-23-26-9-4-10-29-20(17)26/h11-13H,2-10H2,1H3,(H3,22,24,25,27,28)/t13-,30?/m0/s1. The Kier molecular flexibility index (Phi) is 4.82. The predicted octanol–water partition coefficient (Wildman–Crippen LogP) is 3.53. The van der Waals surface area contributed by atoms with E-state index in [1.807, 2.05) is 0 Å². The van der Waals surface area contributed by atoms with Crippen LogP contribution in [0, 0.1) is 0 Å². The van der Waals surface area contributed by atoms with Gasteiger partial charge in [0.05, 0.1) is 12.8 Å². The molecule has 0 fully saturated rings. The maximum Gasteiger partial charge on any atom is 0.354 e. The first-order valence-corrected chi connectivity index (χ1v) is 12.3. The smallest absolute Gasteiger partial charge is 0.354 e. The van der Waals surface area contributed by atoms with E-state index in [9.17, 15) is 9.00 Å². The van der Waals surface area contributed by atoms with Crippen molar-refractivity contribution in [1.82, 2.24) is 9.78 Å². The summed E-state index contributed by atoms with van der Waals surface area (Å²) in [6.07, 6.45) is 8.44. The lowest BCUT2D eigenvalue weighted by atomic mass is 9.92. The number of carbonyl (C=O) groups excluding carboxylic acids is 1. The Bertz CT molecular complexity index is 1150. The highest BCUT2D eigenvalue weighted by atomic mass is 32.2. The van der Waals surface area contributed by atoms with Gasteiger partial charge in [-0.25, -0.2) is 18.8 Å². The minimum atomic E-state index is -3.47. The zero-order valence-corrected chi connectivity index (χ0v) is 18.0. The highest BCUT2D eigenvalue weighted by Crippen LogP contribution is 2.45. The number of nitrogens with zero attached hydrogens (tertiary/aromatic N) is 3.